The van der Waals surface area contributed by atoms with Crippen molar-refractivity contribution in [3.05, 3.63) is 38.8 Å². The molecule has 0 aliphatic heterocycles. The third kappa shape index (κ3) is 2.55. The maximum Gasteiger partial charge on any atom is 0.188 e. The molecule has 0 bridgehead atoms. The van der Waals surface area contributed by atoms with Gasteiger partial charge in [0, 0.05) is 16.1 Å². The lowest BCUT2D eigenvalue weighted by molar-refractivity contribution is 0.0516. The molecule has 5 heteroatoms. The van der Waals surface area contributed by atoms with Crippen LogP contribution in [0.15, 0.2) is 35.5 Å². The van der Waals surface area contributed by atoms with Gasteiger partial charge in [-0.05, 0) is 51.4 Å². The predicted molar refractivity (Wildman–Crippen MR) is 74.6 cm³/mol. The molecule has 0 spiro atoms. The van der Waals surface area contributed by atoms with Crippen LogP contribution in [0.3, 0.4) is 0 Å². The fourth-order valence-corrected chi connectivity index (χ4v) is 2.08. The minimum atomic E-state index is 0.0952. The molecule has 0 fully saturated rings. The number of methoxy groups -OCH3 is 1. The average Bonchev–Trinajstić information content (AvgIpc) is 2.35. The third-order valence-electron chi connectivity index (χ3n) is 2.34. The monoisotopic (exact) mass is 343 g/mol. The van der Waals surface area contributed by atoms with Crippen LogP contribution in [0.25, 0.3) is 10.8 Å². The van der Waals surface area contributed by atoms with E-state index in [0.29, 0.717) is 11.4 Å². The molecule has 0 aliphatic rings. The molecule has 0 aromatic heterocycles. The summed E-state index contributed by atoms with van der Waals surface area (Å²) in [5.74, 6) is 0.441. The summed E-state index contributed by atoms with van der Waals surface area (Å²) < 4.78 is 11.2. The highest BCUT2D eigenvalue weighted by Crippen LogP contribution is 2.36. The van der Waals surface area contributed by atoms with Gasteiger partial charge in [0.15, 0.2) is 18.2 Å². The number of nitroso groups, excluding NO2 is 1. The number of rotatable bonds is 4. The minimum absolute atomic E-state index is 0.0952. The van der Waals surface area contributed by atoms with Crippen molar-refractivity contribution in [3.8, 4) is 5.75 Å². The summed E-state index contributed by atoms with van der Waals surface area (Å²) in [6, 6.07) is 9.46. The van der Waals surface area contributed by atoms with Crippen molar-refractivity contribution in [2.24, 2.45) is 5.18 Å². The van der Waals surface area contributed by atoms with Gasteiger partial charge in [-0.15, -0.1) is 4.91 Å². The number of fused-ring (bicyclic) bond motifs is 1. The van der Waals surface area contributed by atoms with E-state index in [1.807, 2.05) is 24.3 Å². The van der Waals surface area contributed by atoms with Crippen LogP contribution in [0.4, 0.5) is 5.69 Å². The summed E-state index contributed by atoms with van der Waals surface area (Å²) in [5.41, 5.74) is 0.318. The van der Waals surface area contributed by atoms with Gasteiger partial charge in [-0.2, -0.15) is 0 Å². The molecular formula is C12H10INO3. The Labute approximate surface area is 112 Å². The Morgan fingerprint density at radius 2 is 2.06 bits per heavy atom. The first kappa shape index (κ1) is 12.3. The van der Waals surface area contributed by atoms with E-state index in [9.17, 15) is 4.91 Å². The molecule has 88 valence electrons. The zero-order valence-electron chi connectivity index (χ0n) is 9.14. The van der Waals surface area contributed by atoms with E-state index in [0.717, 1.165) is 14.3 Å². The van der Waals surface area contributed by atoms with Gasteiger partial charge in [0.1, 0.15) is 0 Å². The first-order valence-electron chi connectivity index (χ1n) is 4.93. The van der Waals surface area contributed by atoms with E-state index < -0.39 is 0 Å². The molecule has 0 atom stereocenters. The van der Waals surface area contributed by atoms with Crippen LogP contribution in [0.5, 0.6) is 5.75 Å². The molecular weight excluding hydrogens is 333 g/mol. The highest BCUT2D eigenvalue weighted by molar-refractivity contribution is 14.1. The molecule has 2 rings (SSSR count). The van der Waals surface area contributed by atoms with Crippen LogP contribution < -0.4 is 4.74 Å². The first-order chi connectivity index (χ1) is 8.26. The van der Waals surface area contributed by atoms with Gasteiger partial charge < -0.3 is 9.47 Å². The Kier molecular flexibility index (Phi) is 3.90. The topological polar surface area (TPSA) is 47.9 Å². The van der Waals surface area contributed by atoms with Crippen molar-refractivity contribution < 1.29 is 9.47 Å². The maximum absolute atomic E-state index is 10.9. The molecule has 0 N–H and O–H groups in total. The van der Waals surface area contributed by atoms with Crippen LogP contribution in [-0.2, 0) is 4.74 Å². The summed E-state index contributed by atoms with van der Waals surface area (Å²) in [5, 5.41) is 4.81. The van der Waals surface area contributed by atoms with Gasteiger partial charge in [0.25, 0.3) is 0 Å². The van der Waals surface area contributed by atoms with Crippen LogP contribution in [-0.4, -0.2) is 13.9 Å². The van der Waals surface area contributed by atoms with Crippen molar-refractivity contribution in [1.29, 1.82) is 0 Å². The van der Waals surface area contributed by atoms with Gasteiger partial charge in [-0.1, -0.05) is 12.1 Å². The zero-order valence-corrected chi connectivity index (χ0v) is 11.3. The number of hydrogen-bond acceptors (Lipinski definition) is 4. The second kappa shape index (κ2) is 5.42. The Balaban J connectivity index is 2.58. The Hall–Kier alpha value is -1.21. The highest BCUT2D eigenvalue weighted by atomic mass is 127. The Morgan fingerprint density at radius 3 is 2.76 bits per heavy atom. The average molecular weight is 343 g/mol. The van der Waals surface area contributed by atoms with E-state index in [1.54, 1.807) is 6.07 Å². The minimum Gasteiger partial charge on any atom is -0.465 e. The molecule has 0 unspecified atom stereocenters. The van der Waals surface area contributed by atoms with Crippen molar-refractivity contribution in [2.45, 2.75) is 0 Å². The molecule has 4 nitrogen and oxygen atoms in total. The normalized spacial score (nSPS) is 10.5. The maximum atomic E-state index is 10.9. The summed E-state index contributed by atoms with van der Waals surface area (Å²) in [7, 11) is 1.53. The van der Waals surface area contributed by atoms with E-state index >= 15 is 0 Å². The zero-order chi connectivity index (χ0) is 12.3. The lowest BCUT2D eigenvalue weighted by atomic mass is 10.1. The lowest BCUT2D eigenvalue weighted by Gasteiger charge is -2.08. The van der Waals surface area contributed by atoms with Crippen molar-refractivity contribution in [3.63, 3.8) is 0 Å². The smallest absolute Gasteiger partial charge is 0.188 e. The summed E-state index contributed by atoms with van der Waals surface area (Å²) >= 11 is 2.19. The predicted octanol–water partition coefficient (Wildman–Crippen LogP) is 3.83. The summed E-state index contributed by atoms with van der Waals surface area (Å²) in [6.07, 6.45) is 0. The Bertz CT molecular complexity index is 557. The van der Waals surface area contributed by atoms with Gasteiger partial charge in [-0.25, -0.2) is 0 Å². The SMILES string of the molecule is COCOc1ccc2ccc(I)cc2c1N=O. The third-order valence-corrected chi connectivity index (χ3v) is 3.01. The molecule has 0 saturated carbocycles. The van der Waals surface area contributed by atoms with Crippen molar-refractivity contribution >= 4 is 39.1 Å². The van der Waals surface area contributed by atoms with E-state index in [1.165, 1.54) is 7.11 Å². The second-order valence-corrected chi connectivity index (χ2v) is 4.67. The van der Waals surface area contributed by atoms with Crippen molar-refractivity contribution in [1.82, 2.24) is 0 Å². The fraction of sp³-hybridized carbons (Fsp3) is 0.167. The van der Waals surface area contributed by atoms with Crippen molar-refractivity contribution in [2.75, 3.05) is 13.9 Å². The lowest BCUT2D eigenvalue weighted by Crippen LogP contribution is -1.99. The highest BCUT2D eigenvalue weighted by Gasteiger charge is 2.09. The van der Waals surface area contributed by atoms with Crippen LogP contribution in [0.2, 0.25) is 0 Å². The summed E-state index contributed by atoms with van der Waals surface area (Å²) in [6.45, 7) is 0.0952. The van der Waals surface area contributed by atoms with Gasteiger partial charge in [0.2, 0.25) is 0 Å². The van der Waals surface area contributed by atoms with Gasteiger partial charge in [0.05, 0.1) is 0 Å². The van der Waals surface area contributed by atoms with Gasteiger partial charge >= 0.3 is 0 Å². The molecule has 2 aromatic carbocycles. The van der Waals surface area contributed by atoms with Crippen LogP contribution in [0.1, 0.15) is 0 Å². The molecule has 0 radical (unpaired) electrons. The molecule has 0 heterocycles. The van der Waals surface area contributed by atoms with Crippen LogP contribution >= 0.6 is 22.6 Å². The van der Waals surface area contributed by atoms with E-state index in [2.05, 4.69) is 27.8 Å². The quantitative estimate of drug-likeness (QED) is 0.482. The second-order valence-electron chi connectivity index (χ2n) is 3.42. The Morgan fingerprint density at radius 1 is 1.29 bits per heavy atom. The number of halogens is 1. The van der Waals surface area contributed by atoms with Crippen LogP contribution in [0, 0.1) is 8.48 Å². The number of ether oxygens (including phenoxy) is 2. The van der Waals surface area contributed by atoms with Gasteiger partial charge in [-0.3, -0.25) is 0 Å². The van der Waals surface area contributed by atoms with E-state index in [-0.39, 0.29) is 6.79 Å². The molecule has 0 aliphatic carbocycles. The molecule has 17 heavy (non-hydrogen) atoms. The molecule has 2 aromatic rings. The number of nitrogens with zero attached hydrogens (tertiary/aromatic N) is 1. The fourth-order valence-electron chi connectivity index (χ4n) is 1.59. The molecule has 0 amide bonds. The summed E-state index contributed by atoms with van der Waals surface area (Å²) in [4.78, 5) is 10.9. The number of hydrogen-bond donors (Lipinski definition) is 0. The largest absolute Gasteiger partial charge is 0.465 e. The first-order valence-corrected chi connectivity index (χ1v) is 6.01. The van der Waals surface area contributed by atoms with E-state index in [4.69, 9.17) is 9.47 Å². The standard InChI is InChI=1S/C12H10INO3/c1-16-7-17-11-5-3-8-2-4-9(13)6-10(8)12(11)14-15/h2-6H,7H2,1H3. The molecule has 0 saturated heterocycles. The number of benzene rings is 2.